The molecule has 2 aromatic rings. The summed E-state index contributed by atoms with van der Waals surface area (Å²) in [5.41, 5.74) is 1.24. The quantitative estimate of drug-likeness (QED) is 0.738. The number of methoxy groups -OCH3 is 1. The van der Waals surface area contributed by atoms with Crippen LogP contribution >= 0.6 is 31.9 Å². The number of fused-ring (bicyclic) bond motifs is 1. The smallest absolute Gasteiger partial charge is 0.133 e. The van der Waals surface area contributed by atoms with Crippen molar-refractivity contribution in [3.8, 4) is 5.75 Å². The Morgan fingerprint density at radius 3 is 2.20 bits per heavy atom. The highest BCUT2D eigenvalue weighted by atomic mass is 79.9. The van der Waals surface area contributed by atoms with Crippen LogP contribution in [0.25, 0.3) is 10.8 Å². The summed E-state index contributed by atoms with van der Waals surface area (Å²) in [4.78, 5) is 0. The molecule has 0 aliphatic carbocycles. The molecule has 0 saturated carbocycles. The van der Waals surface area contributed by atoms with Crippen LogP contribution in [0.15, 0.2) is 33.2 Å². The summed E-state index contributed by atoms with van der Waals surface area (Å²) >= 11 is 7.01. The average Bonchev–Trinajstić information content (AvgIpc) is 2.20. The first kappa shape index (κ1) is 11.0. The average molecular weight is 330 g/mol. The minimum Gasteiger partial charge on any atom is -0.496 e. The van der Waals surface area contributed by atoms with Crippen molar-refractivity contribution in [2.24, 2.45) is 0 Å². The van der Waals surface area contributed by atoms with Crippen LogP contribution in [0, 0.1) is 6.92 Å². The monoisotopic (exact) mass is 328 g/mol. The van der Waals surface area contributed by atoms with Crippen LogP contribution < -0.4 is 4.74 Å². The Morgan fingerprint density at radius 2 is 1.53 bits per heavy atom. The van der Waals surface area contributed by atoms with E-state index in [1.807, 2.05) is 6.07 Å². The number of rotatable bonds is 1. The van der Waals surface area contributed by atoms with Gasteiger partial charge in [0.1, 0.15) is 5.75 Å². The normalized spacial score (nSPS) is 10.7. The second kappa shape index (κ2) is 4.14. The molecule has 0 saturated heterocycles. The minimum atomic E-state index is 0.859. The molecule has 0 N–H and O–H groups in total. The Bertz CT molecular complexity index is 521. The number of benzene rings is 2. The van der Waals surface area contributed by atoms with Gasteiger partial charge in [0, 0.05) is 4.47 Å². The Morgan fingerprint density at radius 1 is 0.933 bits per heavy atom. The lowest BCUT2D eigenvalue weighted by molar-refractivity contribution is 0.413. The van der Waals surface area contributed by atoms with Crippen LogP contribution in [-0.2, 0) is 0 Å². The van der Waals surface area contributed by atoms with E-state index in [4.69, 9.17) is 4.74 Å². The van der Waals surface area contributed by atoms with Gasteiger partial charge in [0.25, 0.3) is 0 Å². The maximum absolute atomic E-state index is 5.26. The van der Waals surface area contributed by atoms with Gasteiger partial charge in [0.15, 0.2) is 0 Å². The fraction of sp³-hybridized carbons (Fsp3) is 0.167. The molecule has 0 aliphatic rings. The van der Waals surface area contributed by atoms with Crippen LogP contribution in [0.3, 0.4) is 0 Å². The lowest BCUT2D eigenvalue weighted by Crippen LogP contribution is -1.86. The lowest BCUT2D eigenvalue weighted by Gasteiger charge is -2.07. The summed E-state index contributed by atoms with van der Waals surface area (Å²) in [6.45, 7) is 2.08. The molecule has 0 atom stereocenters. The minimum absolute atomic E-state index is 0.859. The van der Waals surface area contributed by atoms with Crippen molar-refractivity contribution >= 4 is 42.6 Å². The molecule has 0 spiro atoms. The van der Waals surface area contributed by atoms with Gasteiger partial charge in [0.05, 0.1) is 11.6 Å². The van der Waals surface area contributed by atoms with Gasteiger partial charge < -0.3 is 4.74 Å². The number of ether oxygens (including phenoxy) is 1. The first-order valence-corrected chi connectivity index (χ1v) is 6.14. The van der Waals surface area contributed by atoms with E-state index in [2.05, 4.69) is 57.0 Å². The molecule has 0 amide bonds. The number of hydrogen-bond acceptors (Lipinski definition) is 1. The second-order valence-corrected chi connectivity index (χ2v) is 5.14. The third-order valence-corrected chi connectivity index (χ3v) is 3.86. The van der Waals surface area contributed by atoms with Gasteiger partial charge in [0.2, 0.25) is 0 Å². The predicted octanol–water partition coefficient (Wildman–Crippen LogP) is 4.68. The van der Waals surface area contributed by atoms with Crippen molar-refractivity contribution in [3.63, 3.8) is 0 Å². The van der Waals surface area contributed by atoms with Gasteiger partial charge in [-0.05, 0) is 57.4 Å². The van der Waals surface area contributed by atoms with E-state index >= 15 is 0 Å². The first-order valence-electron chi connectivity index (χ1n) is 4.55. The molecular formula is C12H10Br2O. The Kier molecular flexibility index (Phi) is 3.03. The second-order valence-electron chi connectivity index (χ2n) is 3.44. The molecule has 15 heavy (non-hydrogen) atoms. The van der Waals surface area contributed by atoms with Crippen molar-refractivity contribution in [2.45, 2.75) is 6.92 Å². The van der Waals surface area contributed by atoms with Crippen LogP contribution in [0.2, 0.25) is 0 Å². The standard InChI is InChI=1S/C12H10Br2O/c1-7-3-8-5-11(14)12(15-2)6-9(8)4-10(7)13/h3-6H,1-2H3. The topological polar surface area (TPSA) is 9.23 Å². The molecule has 0 aromatic heterocycles. The van der Waals surface area contributed by atoms with Crippen LogP contribution in [0.4, 0.5) is 0 Å². The summed E-state index contributed by atoms with van der Waals surface area (Å²) in [6, 6.07) is 8.38. The molecule has 2 rings (SSSR count). The van der Waals surface area contributed by atoms with Gasteiger partial charge >= 0.3 is 0 Å². The van der Waals surface area contributed by atoms with Crippen LogP contribution in [-0.4, -0.2) is 7.11 Å². The largest absolute Gasteiger partial charge is 0.496 e. The molecule has 0 heterocycles. The zero-order valence-electron chi connectivity index (χ0n) is 8.47. The molecular weight excluding hydrogens is 320 g/mol. The zero-order chi connectivity index (χ0) is 11.0. The Labute approximate surface area is 106 Å². The summed E-state index contributed by atoms with van der Waals surface area (Å²) in [7, 11) is 1.68. The summed E-state index contributed by atoms with van der Waals surface area (Å²) < 4.78 is 7.37. The molecule has 78 valence electrons. The highest BCUT2D eigenvalue weighted by Crippen LogP contribution is 2.32. The molecule has 0 bridgehead atoms. The molecule has 0 aliphatic heterocycles. The lowest BCUT2D eigenvalue weighted by atomic mass is 10.1. The third-order valence-electron chi connectivity index (χ3n) is 2.39. The highest BCUT2D eigenvalue weighted by molar-refractivity contribution is 9.10. The Balaban J connectivity index is 2.76. The van der Waals surface area contributed by atoms with Gasteiger partial charge in [-0.15, -0.1) is 0 Å². The summed E-state index contributed by atoms with van der Waals surface area (Å²) in [5.74, 6) is 0.859. The van der Waals surface area contributed by atoms with Crippen LogP contribution in [0.1, 0.15) is 5.56 Å². The van der Waals surface area contributed by atoms with Gasteiger partial charge in [-0.25, -0.2) is 0 Å². The van der Waals surface area contributed by atoms with Gasteiger partial charge in [-0.1, -0.05) is 22.0 Å². The van der Waals surface area contributed by atoms with E-state index in [-0.39, 0.29) is 0 Å². The van der Waals surface area contributed by atoms with Crippen molar-refractivity contribution < 1.29 is 4.74 Å². The molecule has 2 aromatic carbocycles. The first-order chi connectivity index (χ1) is 7.11. The van der Waals surface area contributed by atoms with E-state index in [1.165, 1.54) is 16.3 Å². The molecule has 3 heteroatoms. The fourth-order valence-electron chi connectivity index (χ4n) is 1.54. The summed E-state index contributed by atoms with van der Waals surface area (Å²) in [5, 5.41) is 2.39. The van der Waals surface area contributed by atoms with E-state index in [1.54, 1.807) is 7.11 Å². The van der Waals surface area contributed by atoms with Crippen LogP contribution in [0.5, 0.6) is 5.75 Å². The number of aryl methyl sites for hydroxylation is 1. The number of hydrogen-bond donors (Lipinski definition) is 0. The van der Waals surface area contributed by atoms with Gasteiger partial charge in [-0.2, -0.15) is 0 Å². The number of halogens is 2. The maximum atomic E-state index is 5.26. The highest BCUT2D eigenvalue weighted by Gasteiger charge is 2.04. The van der Waals surface area contributed by atoms with E-state index in [0.29, 0.717) is 0 Å². The molecule has 0 unspecified atom stereocenters. The molecule has 0 radical (unpaired) electrons. The van der Waals surface area contributed by atoms with E-state index < -0.39 is 0 Å². The van der Waals surface area contributed by atoms with Crippen molar-refractivity contribution in [3.05, 3.63) is 38.8 Å². The predicted molar refractivity (Wildman–Crippen MR) is 70.6 cm³/mol. The van der Waals surface area contributed by atoms with Crippen molar-refractivity contribution in [2.75, 3.05) is 7.11 Å². The van der Waals surface area contributed by atoms with E-state index in [0.717, 1.165) is 14.7 Å². The molecule has 0 fully saturated rings. The molecule has 1 nitrogen and oxygen atoms in total. The zero-order valence-corrected chi connectivity index (χ0v) is 11.6. The SMILES string of the molecule is COc1cc2cc(Br)c(C)cc2cc1Br. The fourth-order valence-corrected chi connectivity index (χ4v) is 2.43. The van der Waals surface area contributed by atoms with Gasteiger partial charge in [-0.3, -0.25) is 0 Å². The van der Waals surface area contributed by atoms with Crippen molar-refractivity contribution in [1.29, 1.82) is 0 Å². The van der Waals surface area contributed by atoms with Crippen molar-refractivity contribution in [1.82, 2.24) is 0 Å². The summed E-state index contributed by atoms with van der Waals surface area (Å²) in [6.07, 6.45) is 0. The Hall–Kier alpha value is -0.540. The third kappa shape index (κ3) is 2.04. The maximum Gasteiger partial charge on any atom is 0.133 e. The van der Waals surface area contributed by atoms with E-state index in [9.17, 15) is 0 Å².